The smallest absolute Gasteiger partial charge is 0.336 e. The number of hydrogen-bond donors (Lipinski definition) is 2. The van der Waals surface area contributed by atoms with Crippen LogP contribution in [0.5, 0.6) is 11.5 Å². The number of nitrogens with one attached hydrogen (secondary N) is 1. The molecule has 1 heterocycles. The van der Waals surface area contributed by atoms with Crippen LogP contribution in [0.3, 0.4) is 0 Å². The van der Waals surface area contributed by atoms with Gasteiger partial charge in [-0.15, -0.1) is 0 Å². The quantitative estimate of drug-likeness (QED) is 0.483. The minimum atomic E-state index is -0.562. The summed E-state index contributed by atoms with van der Waals surface area (Å²) in [6.07, 6.45) is 3.97. The van der Waals surface area contributed by atoms with Crippen molar-refractivity contribution >= 4 is 11.8 Å². The first-order chi connectivity index (χ1) is 14.7. The predicted molar refractivity (Wildman–Crippen MR) is 119 cm³/mol. The van der Waals surface area contributed by atoms with Gasteiger partial charge in [0.2, 0.25) is 0 Å². The van der Waals surface area contributed by atoms with Crippen LogP contribution in [0.15, 0.2) is 40.7 Å². The largest absolute Gasteiger partial charge is 0.504 e. The summed E-state index contributed by atoms with van der Waals surface area (Å²) in [7, 11) is 1.48. The number of benzene rings is 1. The zero-order valence-electron chi connectivity index (χ0n) is 19.1. The van der Waals surface area contributed by atoms with Gasteiger partial charge in [0.1, 0.15) is 0 Å². The molecular formula is C25H33NO5. The third kappa shape index (κ3) is 4.78. The van der Waals surface area contributed by atoms with Crippen LogP contribution < -0.4 is 10.1 Å². The van der Waals surface area contributed by atoms with Gasteiger partial charge in [-0.2, -0.15) is 0 Å². The zero-order chi connectivity index (χ0) is 22.8. The van der Waals surface area contributed by atoms with Crippen molar-refractivity contribution < 1.29 is 24.2 Å². The number of hydrogen-bond acceptors (Lipinski definition) is 6. The standard InChI is InChI=1S/C25H33NO5/c1-6-7-8-11-31-24(29)21-15(2)26-17-13-25(3,4)14-19(28)23(17)22(21)16-9-10-18(27)20(12-16)30-5/h9-10,12,22,26-27H,6-8,11,13-14H2,1-5H3/t22-/m1/s1. The number of Topliss-reactive ketones (excluding diaryl/α,β-unsaturated/α-hetero) is 1. The van der Waals surface area contributed by atoms with E-state index in [1.54, 1.807) is 12.1 Å². The zero-order valence-corrected chi connectivity index (χ0v) is 19.1. The van der Waals surface area contributed by atoms with Crippen molar-refractivity contribution in [3.8, 4) is 11.5 Å². The molecule has 0 fully saturated rings. The fourth-order valence-corrected chi connectivity index (χ4v) is 4.51. The summed E-state index contributed by atoms with van der Waals surface area (Å²) in [5, 5.41) is 13.4. The van der Waals surface area contributed by atoms with Gasteiger partial charge in [0, 0.05) is 29.3 Å². The SMILES string of the molecule is CCCCCOC(=O)C1=C(C)NC2=C(C(=O)CC(C)(C)C2)[C@@H]1c1ccc(O)c(OC)c1. The van der Waals surface area contributed by atoms with E-state index in [1.807, 2.05) is 6.92 Å². The normalized spacial score (nSPS) is 20.3. The van der Waals surface area contributed by atoms with Gasteiger partial charge in [0.25, 0.3) is 0 Å². The topological polar surface area (TPSA) is 84.9 Å². The highest BCUT2D eigenvalue weighted by molar-refractivity contribution is 6.04. The van der Waals surface area contributed by atoms with Crippen molar-refractivity contribution in [3.63, 3.8) is 0 Å². The number of dihydropyridines is 1. The Morgan fingerprint density at radius 1 is 1.26 bits per heavy atom. The number of allylic oxidation sites excluding steroid dienone is 3. The van der Waals surface area contributed by atoms with Crippen LogP contribution >= 0.6 is 0 Å². The highest BCUT2D eigenvalue weighted by Crippen LogP contribution is 2.47. The number of ether oxygens (including phenoxy) is 2. The van der Waals surface area contributed by atoms with Crippen LogP contribution in [0, 0.1) is 5.41 Å². The molecule has 0 unspecified atom stereocenters. The van der Waals surface area contributed by atoms with Gasteiger partial charge in [0.15, 0.2) is 17.3 Å². The predicted octanol–water partition coefficient (Wildman–Crippen LogP) is 4.74. The third-order valence-electron chi connectivity index (χ3n) is 5.98. The van der Waals surface area contributed by atoms with Gasteiger partial charge in [0.05, 0.1) is 19.3 Å². The molecule has 6 nitrogen and oxygen atoms in total. The average molecular weight is 428 g/mol. The molecule has 0 saturated heterocycles. The number of carbonyl (C=O) groups excluding carboxylic acids is 2. The van der Waals surface area contributed by atoms with E-state index in [-0.39, 0.29) is 16.9 Å². The molecule has 2 N–H and O–H groups in total. The van der Waals surface area contributed by atoms with E-state index in [0.717, 1.165) is 36.9 Å². The third-order valence-corrected chi connectivity index (χ3v) is 5.98. The number of phenolic OH excluding ortho intramolecular Hbond substituents is 1. The maximum absolute atomic E-state index is 13.3. The second-order valence-corrected chi connectivity index (χ2v) is 9.20. The van der Waals surface area contributed by atoms with Crippen LogP contribution in [-0.2, 0) is 14.3 Å². The average Bonchev–Trinajstić information content (AvgIpc) is 2.69. The molecule has 168 valence electrons. The van der Waals surface area contributed by atoms with Gasteiger partial charge in [-0.3, -0.25) is 4.79 Å². The molecule has 31 heavy (non-hydrogen) atoms. The van der Waals surface area contributed by atoms with E-state index >= 15 is 0 Å². The Labute approximate surface area is 184 Å². The van der Waals surface area contributed by atoms with Crippen LogP contribution in [0.2, 0.25) is 0 Å². The van der Waals surface area contributed by atoms with E-state index in [0.29, 0.717) is 35.6 Å². The molecule has 6 heteroatoms. The number of methoxy groups -OCH3 is 1. The fraction of sp³-hybridized carbons (Fsp3) is 0.520. The Morgan fingerprint density at radius 3 is 2.68 bits per heavy atom. The molecule has 1 aromatic rings. The summed E-state index contributed by atoms with van der Waals surface area (Å²) >= 11 is 0. The van der Waals surface area contributed by atoms with Gasteiger partial charge in [-0.1, -0.05) is 39.7 Å². The lowest BCUT2D eigenvalue weighted by molar-refractivity contribution is -0.139. The maximum Gasteiger partial charge on any atom is 0.336 e. The Hall–Kier alpha value is -2.76. The number of ketones is 1. The second-order valence-electron chi connectivity index (χ2n) is 9.20. The van der Waals surface area contributed by atoms with Gasteiger partial charge >= 0.3 is 5.97 Å². The van der Waals surface area contributed by atoms with Crippen LogP contribution in [-0.4, -0.2) is 30.6 Å². The number of carbonyl (C=O) groups is 2. The van der Waals surface area contributed by atoms with E-state index in [9.17, 15) is 14.7 Å². The first-order valence-corrected chi connectivity index (χ1v) is 11.0. The summed E-state index contributed by atoms with van der Waals surface area (Å²) in [6, 6.07) is 4.97. The highest BCUT2D eigenvalue weighted by atomic mass is 16.5. The molecule has 2 aliphatic rings. The molecule has 0 bridgehead atoms. The number of rotatable bonds is 7. The Balaban J connectivity index is 2.07. The van der Waals surface area contributed by atoms with E-state index in [1.165, 1.54) is 13.2 Å². The van der Waals surface area contributed by atoms with Crippen molar-refractivity contribution in [2.24, 2.45) is 5.41 Å². The molecule has 0 aromatic heterocycles. The lowest BCUT2D eigenvalue weighted by Crippen LogP contribution is -2.38. The number of unbranched alkanes of at least 4 members (excludes halogenated alkanes) is 2. The molecule has 0 saturated carbocycles. The first-order valence-electron chi connectivity index (χ1n) is 11.0. The van der Waals surface area contributed by atoms with E-state index < -0.39 is 11.9 Å². The van der Waals surface area contributed by atoms with Crippen molar-refractivity contribution in [1.29, 1.82) is 0 Å². The summed E-state index contributed by atoms with van der Waals surface area (Å²) < 4.78 is 10.9. The minimum absolute atomic E-state index is 0.00915. The molecule has 1 atom stereocenters. The van der Waals surface area contributed by atoms with Crippen molar-refractivity contribution in [2.75, 3.05) is 13.7 Å². The van der Waals surface area contributed by atoms with Crippen LogP contribution in [0.25, 0.3) is 0 Å². The van der Waals surface area contributed by atoms with E-state index in [4.69, 9.17) is 9.47 Å². The molecule has 0 radical (unpaired) electrons. The molecule has 1 aromatic carbocycles. The summed E-state index contributed by atoms with van der Waals surface area (Å²) in [6.45, 7) is 8.44. The summed E-state index contributed by atoms with van der Waals surface area (Å²) in [5.41, 5.74) is 3.17. The number of esters is 1. The molecule has 1 aliphatic carbocycles. The lowest BCUT2D eigenvalue weighted by Gasteiger charge is -2.39. The van der Waals surface area contributed by atoms with E-state index in [2.05, 4.69) is 26.1 Å². The Kier molecular flexibility index (Phi) is 6.77. The first kappa shape index (κ1) is 22.9. The molecule has 0 amide bonds. The second kappa shape index (κ2) is 9.16. The summed E-state index contributed by atoms with van der Waals surface area (Å²) in [5.74, 6) is -0.639. The van der Waals surface area contributed by atoms with Crippen molar-refractivity contribution in [1.82, 2.24) is 5.32 Å². The minimum Gasteiger partial charge on any atom is -0.504 e. The van der Waals surface area contributed by atoms with Crippen molar-refractivity contribution in [2.45, 2.75) is 65.7 Å². The van der Waals surface area contributed by atoms with Crippen molar-refractivity contribution in [3.05, 3.63) is 46.3 Å². The fourth-order valence-electron chi connectivity index (χ4n) is 4.51. The van der Waals surface area contributed by atoms with Gasteiger partial charge < -0.3 is 19.9 Å². The molecule has 1 aliphatic heterocycles. The lowest BCUT2D eigenvalue weighted by atomic mass is 9.68. The highest BCUT2D eigenvalue weighted by Gasteiger charge is 2.43. The Bertz CT molecular complexity index is 941. The number of aromatic hydroxyl groups is 1. The number of phenols is 1. The molecular weight excluding hydrogens is 394 g/mol. The molecule has 0 spiro atoms. The van der Waals surface area contributed by atoms with Gasteiger partial charge in [-0.25, -0.2) is 4.79 Å². The van der Waals surface area contributed by atoms with Crippen LogP contribution in [0.4, 0.5) is 0 Å². The van der Waals surface area contributed by atoms with Crippen LogP contribution in [0.1, 0.15) is 71.3 Å². The maximum atomic E-state index is 13.3. The van der Waals surface area contributed by atoms with Gasteiger partial charge in [-0.05, 0) is 42.9 Å². The summed E-state index contributed by atoms with van der Waals surface area (Å²) in [4.78, 5) is 26.4. The molecule has 3 rings (SSSR count). The Morgan fingerprint density at radius 2 is 2.00 bits per heavy atom. The monoisotopic (exact) mass is 427 g/mol.